The van der Waals surface area contributed by atoms with Gasteiger partial charge < -0.3 is 15.4 Å². The van der Waals surface area contributed by atoms with Crippen molar-refractivity contribution in [2.75, 3.05) is 20.3 Å². The third-order valence-electron chi connectivity index (χ3n) is 4.49. The zero-order valence-electron chi connectivity index (χ0n) is 13.5. The predicted octanol–water partition coefficient (Wildman–Crippen LogP) is 2.25. The minimum absolute atomic E-state index is 0.0136. The lowest BCUT2D eigenvalue weighted by molar-refractivity contribution is -0.138. The number of hydrogen-bond acceptors (Lipinski definition) is 3. The van der Waals surface area contributed by atoms with Crippen LogP contribution in [0.4, 0.5) is 0 Å². The Labute approximate surface area is 127 Å². The van der Waals surface area contributed by atoms with Crippen LogP contribution in [-0.2, 0) is 9.53 Å². The van der Waals surface area contributed by atoms with Crippen LogP contribution in [0.2, 0.25) is 0 Å². The van der Waals surface area contributed by atoms with Gasteiger partial charge in [-0.2, -0.15) is 0 Å². The molecule has 1 aliphatic rings. The number of hydrogen-bond donors (Lipinski definition) is 1. The number of likely N-dealkylation sites (tertiary alicyclic amines) is 1. The van der Waals surface area contributed by atoms with Crippen LogP contribution < -0.4 is 5.73 Å². The molecule has 1 saturated heterocycles. The van der Waals surface area contributed by atoms with Crippen LogP contribution in [0.25, 0.3) is 0 Å². The van der Waals surface area contributed by atoms with Gasteiger partial charge in [-0.15, -0.1) is 0 Å². The quantitative estimate of drug-likeness (QED) is 0.925. The predicted molar refractivity (Wildman–Crippen MR) is 84.2 cm³/mol. The van der Waals surface area contributed by atoms with Gasteiger partial charge in [0.1, 0.15) is 0 Å². The number of methoxy groups -OCH3 is 1. The smallest absolute Gasteiger partial charge is 0.223 e. The SMILES string of the molecule is COCCN1C(=O)CCC(N)C1c1cc(C)c(C)cc1C. The summed E-state index contributed by atoms with van der Waals surface area (Å²) < 4.78 is 5.15. The lowest BCUT2D eigenvalue weighted by Gasteiger charge is -2.40. The monoisotopic (exact) mass is 290 g/mol. The lowest BCUT2D eigenvalue weighted by Crippen LogP contribution is -2.50. The number of piperidine rings is 1. The molecule has 1 amide bonds. The Bertz CT molecular complexity index is 528. The normalized spacial score (nSPS) is 22.7. The molecule has 0 aromatic heterocycles. The summed E-state index contributed by atoms with van der Waals surface area (Å²) in [5, 5.41) is 0. The average molecular weight is 290 g/mol. The van der Waals surface area contributed by atoms with Crippen molar-refractivity contribution in [3.05, 3.63) is 34.4 Å². The molecule has 1 aliphatic heterocycles. The van der Waals surface area contributed by atoms with Gasteiger partial charge in [-0.05, 0) is 49.4 Å². The summed E-state index contributed by atoms with van der Waals surface area (Å²) in [5.74, 6) is 0.177. The Kier molecular flexibility index (Phi) is 5.01. The van der Waals surface area contributed by atoms with Gasteiger partial charge in [-0.1, -0.05) is 12.1 Å². The maximum atomic E-state index is 12.3. The highest BCUT2D eigenvalue weighted by Crippen LogP contribution is 2.33. The summed E-state index contributed by atoms with van der Waals surface area (Å²) in [4.78, 5) is 14.2. The van der Waals surface area contributed by atoms with E-state index in [4.69, 9.17) is 10.5 Å². The van der Waals surface area contributed by atoms with Crippen molar-refractivity contribution in [1.29, 1.82) is 0 Å². The first kappa shape index (κ1) is 16.0. The number of ether oxygens (including phenoxy) is 1. The molecule has 2 rings (SSSR count). The average Bonchev–Trinajstić information content (AvgIpc) is 2.44. The van der Waals surface area contributed by atoms with Crippen LogP contribution >= 0.6 is 0 Å². The molecular weight excluding hydrogens is 264 g/mol. The first-order valence-corrected chi connectivity index (χ1v) is 7.57. The fraction of sp³-hybridized carbons (Fsp3) is 0.588. The van der Waals surface area contributed by atoms with Gasteiger partial charge in [0.05, 0.1) is 12.6 Å². The van der Waals surface area contributed by atoms with Gasteiger partial charge in [-0.25, -0.2) is 0 Å². The van der Waals surface area contributed by atoms with E-state index in [-0.39, 0.29) is 18.0 Å². The number of nitrogens with zero attached hydrogens (tertiary/aromatic N) is 1. The van der Waals surface area contributed by atoms with Gasteiger partial charge in [0.25, 0.3) is 0 Å². The Morgan fingerprint density at radius 2 is 1.90 bits per heavy atom. The highest BCUT2D eigenvalue weighted by molar-refractivity contribution is 5.78. The largest absolute Gasteiger partial charge is 0.383 e. The minimum Gasteiger partial charge on any atom is -0.383 e. The molecule has 4 heteroatoms. The molecule has 0 spiro atoms. The Hall–Kier alpha value is -1.39. The molecule has 1 aromatic carbocycles. The molecule has 2 N–H and O–H groups in total. The summed E-state index contributed by atoms with van der Waals surface area (Å²) in [7, 11) is 1.66. The molecule has 2 atom stereocenters. The highest BCUT2D eigenvalue weighted by atomic mass is 16.5. The van der Waals surface area contributed by atoms with E-state index in [2.05, 4.69) is 32.9 Å². The van der Waals surface area contributed by atoms with Crippen LogP contribution in [0.1, 0.15) is 41.1 Å². The van der Waals surface area contributed by atoms with Crippen LogP contribution in [0.5, 0.6) is 0 Å². The molecule has 1 heterocycles. The molecule has 0 bridgehead atoms. The second-order valence-corrected chi connectivity index (χ2v) is 6.02. The number of carbonyl (C=O) groups excluding carboxylic acids is 1. The van der Waals surface area contributed by atoms with Crippen molar-refractivity contribution in [1.82, 2.24) is 4.90 Å². The Morgan fingerprint density at radius 1 is 1.24 bits per heavy atom. The minimum atomic E-state index is -0.0410. The van der Waals surface area contributed by atoms with E-state index in [9.17, 15) is 4.79 Å². The van der Waals surface area contributed by atoms with Crippen LogP contribution in [0.3, 0.4) is 0 Å². The molecule has 0 saturated carbocycles. The number of carbonyl (C=O) groups is 1. The van der Waals surface area contributed by atoms with E-state index in [0.29, 0.717) is 19.6 Å². The van der Waals surface area contributed by atoms with Crippen molar-refractivity contribution < 1.29 is 9.53 Å². The van der Waals surface area contributed by atoms with E-state index in [1.165, 1.54) is 22.3 Å². The van der Waals surface area contributed by atoms with E-state index >= 15 is 0 Å². The first-order valence-electron chi connectivity index (χ1n) is 7.57. The van der Waals surface area contributed by atoms with Crippen molar-refractivity contribution in [3.63, 3.8) is 0 Å². The summed E-state index contributed by atoms with van der Waals surface area (Å²) in [5.41, 5.74) is 11.3. The highest BCUT2D eigenvalue weighted by Gasteiger charge is 2.35. The molecular formula is C17H26N2O2. The third-order valence-corrected chi connectivity index (χ3v) is 4.49. The van der Waals surface area contributed by atoms with Gasteiger partial charge in [0.15, 0.2) is 0 Å². The van der Waals surface area contributed by atoms with Crippen molar-refractivity contribution in [2.24, 2.45) is 5.73 Å². The fourth-order valence-corrected chi connectivity index (χ4v) is 3.13. The van der Waals surface area contributed by atoms with E-state index in [1.807, 2.05) is 4.90 Å². The molecule has 4 nitrogen and oxygen atoms in total. The lowest BCUT2D eigenvalue weighted by atomic mass is 9.86. The van der Waals surface area contributed by atoms with Crippen LogP contribution in [-0.4, -0.2) is 37.1 Å². The van der Waals surface area contributed by atoms with Crippen LogP contribution in [0.15, 0.2) is 12.1 Å². The van der Waals surface area contributed by atoms with E-state index in [0.717, 1.165) is 6.42 Å². The first-order chi connectivity index (χ1) is 9.95. The molecule has 116 valence electrons. The van der Waals surface area contributed by atoms with Gasteiger partial charge in [0, 0.05) is 26.1 Å². The number of aryl methyl sites for hydroxylation is 3. The van der Waals surface area contributed by atoms with Gasteiger partial charge in [0.2, 0.25) is 5.91 Å². The zero-order valence-corrected chi connectivity index (χ0v) is 13.5. The number of rotatable bonds is 4. The standard InChI is InChI=1S/C17H26N2O2/c1-11-9-13(3)14(10-12(11)2)17-15(18)5-6-16(20)19(17)7-8-21-4/h9-10,15,17H,5-8,18H2,1-4H3. The molecule has 21 heavy (non-hydrogen) atoms. The topological polar surface area (TPSA) is 55.6 Å². The number of nitrogens with two attached hydrogens (primary N) is 1. The van der Waals surface area contributed by atoms with Crippen molar-refractivity contribution >= 4 is 5.91 Å². The van der Waals surface area contributed by atoms with Crippen molar-refractivity contribution in [3.8, 4) is 0 Å². The molecule has 0 aliphatic carbocycles. The molecule has 1 fully saturated rings. The molecule has 2 unspecified atom stereocenters. The van der Waals surface area contributed by atoms with E-state index < -0.39 is 0 Å². The summed E-state index contributed by atoms with van der Waals surface area (Å²) in [6.07, 6.45) is 1.28. The van der Waals surface area contributed by atoms with Crippen LogP contribution in [0, 0.1) is 20.8 Å². The molecule has 0 radical (unpaired) electrons. The summed E-state index contributed by atoms with van der Waals surface area (Å²) in [6.45, 7) is 7.45. The number of benzene rings is 1. The molecule has 1 aromatic rings. The maximum Gasteiger partial charge on any atom is 0.223 e. The Balaban J connectivity index is 2.40. The second kappa shape index (κ2) is 6.58. The number of amides is 1. The van der Waals surface area contributed by atoms with Crippen molar-refractivity contribution in [2.45, 2.75) is 45.7 Å². The van der Waals surface area contributed by atoms with E-state index in [1.54, 1.807) is 7.11 Å². The third kappa shape index (κ3) is 3.27. The summed E-state index contributed by atoms with van der Waals surface area (Å²) in [6, 6.07) is 4.32. The second-order valence-electron chi connectivity index (χ2n) is 6.02. The summed E-state index contributed by atoms with van der Waals surface area (Å²) >= 11 is 0. The van der Waals surface area contributed by atoms with Gasteiger partial charge in [-0.3, -0.25) is 4.79 Å². The maximum absolute atomic E-state index is 12.3. The van der Waals surface area contributed by atoms with Gasteiger partial charge >= 0.3 is 0 Å². The Morgan fingerprint density at radius 3 is 2.57 bits per heavy atom. The zero-order chi connectivity index (χ0) is 15.6. The fourth-order valence-electron chi connectivity index (χ4n) is 3.13.